The molecule has 1 rings (SSSR count). The lowest BCUT2D eigenvalue weighted by molar-refractivity contribution is 0.0700. The van der Waals surface area contributed by atoms with E-state index >= 15 is 0 Å². The Morgan fingerprint density at radius 2 is 2.06 bits per heavy atom. The van der Waals surface area contributed by atoms with Gasteiger partial charge in [0.15, 0.2) is 0 Å². The van der Waals surface area contributed by atoms with E-state index in [0.29, 0.717) is 11.4 Å². The van der Waals surface area contributed by atoms with E-state index in [4.69, 9.17) is 5.11 Å². The Kier molecular flexibility index (Phi) is 4.92. The Morgan fingerprint density at radius 3 is 2.62 bits per heavy atom. The molecule has 1 heterocycles. The van der Waals surface area contributed by atoms with Crippen molar-refractivity contribution in [3.8, 4) is 0 Å². The van der Waals surface area contributed by atoms with E-state index in [1.165, 1.54) is 11.3 Å². The molecular weight excluding hydrogens is 224 g/mol. The average Bonchev–Trinajstić information content (AvgIpc) is 2.62. The molecular formula is C11H18N2O2S. The summed E-state index contributed by atoms with van der Waals surface area (Å²) in [7, 11) is 6.06. The summed E-state index contributed by atoms with van der Waals surface area (Å²) >= 11 is 1.29. The normalized spacial score (nSPS) is 11.3. The maximum Gasteiger partial charge on any atom is 0.346 e. The molecule has 0 unspecified atom stereocenters. The fourth-order valence-corrected chi connectivity index (χ4v) is 2.14. The first kappa shape index (κ1) is 13.2. The molecule has 1 aromatic rings. The molecule has 0 radical (unpaired) electrons. The summed E-state index contributed by atoms with van der Waals surface area (Å²) in [5, 5.41) is 10.8. The van der Waals surface area contributed by atoms with Crippen molar-refractivity contribution in [3.05, 3.63) is 21.9 Å². The van der Waals surface area contributed by atoms with Crippen molar-refractivity contribution in [3.63, 3.8) is 0 Å². The highest BCUT2D eigenvalue weighted by molar-refractivity contribution is 7.12. The summed E-state index contributed by atoms with van der Waals surface area (Å²) in [6.07, 6.45) is 0. The fourth-order valence-electron chi connectivity index (χ4n) is 1.39. The van der Waals surface area contributed by atoms with E-state index in [2.05, 4.69) is 9.80 Å². The van der Waals surface area contributed by atoms with Gasteiger partial charge >= 0.3 is 5.97 Å². The lowest BCUT2D eigenvalue weighted by atomic mass is 10.2. The van der Waals surface area contributed by atoms with Gasteiger partial charge in [0, 0.05) is 19.6 Å². The molecule has 0 bridgehead atoms. The quantitative estimate of drug-likeness (QED) is 0.820. The first-order valence-electron chi connectivity index (χ1n) is 5.13. The predicted octanol–water partition coefficient (Wildman–Crippen LogP) is 1.44. The van der Waals surface area contributed by atoms with Crippen LogP contribution in [0.5, 0.6) is 0 Å². The van der Waals surface area contributed by atoms with Crippen molar-refractivity contribution >= 4 is 17.3 Å². The Bertz CT molecular complexity index is 350. The van der Waals surface area contributed by atoms with Crippen LogP contribution in [0.15, 0.2) is 11.4 Å². The van der Waals surface area contributed by atoms with Crippen LogP contribution < -0.4 is 0 Å². The number of carbonyl (C=O) groups is 1. The number of carboxylic acids is 1. The van der Waals surface area contributed by atoms with Crippen LogP contribution in [0.2, 0.25) is 0 Å². The maximum atomic E-state index is 10.9. The number of likely N-dealkylation sites (N-methyl/N-ethyl adjacent to an activating group) is 2. The molecule has 0 aliphatic rings. The van der Waals surface area contributed by atoms with Crippen LogP contribution >= 0.6 is 11.3 Å². The molecule has 0 atom stereocenters. The molecule has 5 heteroatoms. The summed E-state index contributed by atoms with van der Waals surface area (Å²) < 4.78 is 0. The Hall–Kier alpha value is -0.910. The molecule has 1 aromatic heterocycles. The van der Waals surface area contributed by atoms with Gasteiger partial charge in [-0.1, -0.05) is 0 Å². The number of hydrogen-bond donors (Lipinski definition) is 1. The van der Waals surface area contributed by atoms with E-state index < -0.39 is 5.97 Å². The molecule has 1 N–H and O–H groups in total. The van der Waals surface area contributed by atoms with E-state index in [-0.39, 0.29) is 0 Å². The van der Waals surface area contributed by atoms with Gasteiger partial charge in [-0.3, -0.25) is 0 Å². The summed E-state index contributed by atoms with van der Waals surface area (Å²) in [5.41, 5.74) is 0.902. The van der Waals surface area contributed by atoms with E-state index in [0.717, 1.165) is 18.7 Å². The highest BCUT2D eigenvalue weighted by atomic mass is 32.1. The monoisotopic (exact) mass is 242 g/mol. The number of nitrogens with zero attached hydrogens (tertiary/aromatic N) is 2. The smallest absolute Gasteiger partial charge is 0.346 e. The van der Waals surface area contributed by atoms with Gasteiger partial charge in [0.2, 0.25) is 0 Å². The molecule has 0 spiro atoms. The first-order chi connectivity index (χ1) is 7.50. The minimum absolute atomic E-state index is 0.455. The Morgan fingerprint density at radius 1 is 1.38 bits per heavy atom. The zero-order chi connectivity index (χ0) is 12.1. The first-order valence-corrected chi connectivity index (χ1v) is 6.01. The number of carboxylic acid groups (broad SMARTS) is 1. The molecule has 4 nitrogen and oxygen atoms in total. The third kappa shape index (κ3) is 3.92. The molecule has 0 fully saturated rings. The number of thiophene rings is 1. The second-order valence-corrected chi connectivity index (χ2v) is 5.04. The van der Waals surface area contributed by atoms with Crippen molar-refractivity contribution < 1.29 is 9.90 Å². The predicted molar refractivity (Wildman–Crippen MR) is 66.2 cm³/mol. The highest BCUT2D eigenvalue weighted by Gasteiger charge is 2.12. The highest BCUT2D eigenvalue weighted by Crippen LogP contribution is 2.17. The van der Waals surface area contributed by atoms with Crippen molar-refractivity contribution in [2.45, 2.75) is 6.54 Å². The summed E-state index contributed by atoms with van der Waals surface area (Å²) in [5.74, 6) is -0.828. The van der Waals surface area contributed by atoms with E-state index in [9.17, 15) is 4.79 Å². The van der Waals surface area contributed by atoms with E-state index in [1.807, 2.05) is 32.6 Å². The van der Waals surface area contributed by atoms with Gasteiger partial charge in [-0.25, -0.2) is 4.79 Å². The second kappa shape index (κ2) is 5.98. The largest absolute Gasteiger partial charge is 0.477 e. The lowest BCUT2D eigenvalue weighted by Gasteiger charge is -2.19. The summed E-state index contributed by atoms with van der Waals surface area (Å²) in [6.45, 7) is 2.60. The van der Waals surface area contributed by atoms with Crippen LogP contribution in [0.3, 0.4) is 0 Å². The van der Waals surface area contributed by atoms with Gasteiger partial charge in [0.05, 0.1) is 0 Å². The molecule has 0 aliphatic carbocycles. The molecule has 0 saturated carbocycles. The summed E-state index contributed by atoms with van der Waals surface area (Å²) in [4.78, 5) is 15.6. The standard InChI is InChI=1S/C11H18N2O2S/c1-12(2)5-6-13(3)8-9-4-7-16-10(9)11(14)15/h4,7H,5-6,8H2,1-3H3,(H,14,15). The Balaban J connectivity index is 2.52. The van der Waals surface area contributed by atoms with Crippen LogP contribution in [-0.2, 0) is 6.54 Å². The van der Waals surface area contributed by atoms with Crippen LogP contribution in [-0.4, -0.2) is 55.1 Å². The van der Waals surface area contributed by atoms with Gasteiger partial charge in [-0.05, 0) is 38.2 Å². The third-order valence-electron chi connectivity index (χ3n) is 2.31. The van der Waals surface area contributed by atoms with Crippen LogP contribution in [0, 0.1) is 0 Å². The van der Waals surface area contributed by atoms with Crippen molar-refractivity contribution in [2.24, 2.45) is 0 Å². The van der Waals surface area contributed by atoms with E-state index in [1.54, 1.807) is 0 Å². The van der Waals surface area contributed by atoms with Crippen LogP contribution in [0.4, 0.5) is 0 Å². The third-order valence-corrected chi connectivity index (χ3v) is 3.25. The average molecular weight is 242 g/mol. The molecule has 16 heavy (non-hydrogen) atoms. The summed E-state index contributed by atoms with van der Waals surface area (Å²) in [6, 6.07) is 1.89. The second-order valence-electron chi connectivity index (χ2n) is 4.12. The minimum Gasteiger partial charge on any atom is -0.477 e. The molecule has 0 aliphatic heterocycles. The Labute approximate surface area is 100 Å². The number of rotatable bonds is 6. The molecule has 0 aromatic carbocycles. The molecule has 0 amide bonds. The van der Waals surface area contributed by atoms with Crippen LogP contribution in [0.1, 0.15) is 15.2 Å². The maximum absolute atomic E-state index is 10.9. The topological polar surface area (TPSA) is 43.8 Å². The molecule has 0 saturated heterocycles. The zero-order valence-corrected chi connectivity index (χ0v) is 10.8. The minimum atomic E-state index is -0.828. The van der Waals surface area contributed by atoms with Crippen molar-refractivity contribution in [2.75, 3.05) is 34.2 Å². The van der Waals surface area contributed by atoms with Gasteiger partial charge < -0.3 is 14.9 Å². The zero-order valence-electron chi connectivity index (χ0n) is 9.93. The van der Waals surface area contributed by atoms with Gasteiger partial charge in [-0.2, -0.15) is 0 Å². The SMILES string of the molecule is CN(C)CCN(C)Cc1ccsc1C(=O)O. The van der Waals surface area contributed by atoms with Crippen LogP contribution in [0.25, 0.3) is 0 Å². The number of hydrogen-bond acceptors (Lipinski definition) is 4. The fraction of sp³-hybridized carbons (Fsp3) is 0.545. The van der Waals surface area contributed by atoms with Gasteiger partial charge in [-0.15, -0.1) is 11.3 Å². The van der Waals surface area contributed by atoms with Gasteiger partial charge in [0.1, 0.15) is 4.88 Å². The van der Waals surface area contributed by atoms with Crippen molar-refractivity contribution in [1.82, 2.24) is 9.80 Å². The lowest BCUT2D eigenvalue weighted by Crippen LogP contribution is -2.28. The number of aromatic carboxylic acids is 1. The molecule has 90 valence electrons. The van der Waals surface area contributed by atoms with Crippen molar-refractivity contribution in [1.29, 1.82) is 0 Å². The van der Waals surface area contributed by atoms with Gasteiger partial charge in [0.25, 0.3) is 0 Å².